The Hall–Kier alpha value is -2.86. The number of amides is 1. The predicted octanol–water partition coefficient (Wildman–Crippen LogP) is 3.30. The lowest BCUT2D eigenvalue weighted by Crippen LogP contribution is -2.22. The number of aromatic nitrogens is 2. The number of aromatic hydroxyl groups is 1. The molecular formula is C17H13ClFN3O2. The van der Waals surface area contributed by atoms with Crippen LogP contribution in [0.5, 0.6) is 5.75 Å². The highest BCUT2D eigenvalue weighted by Crippen LogP contribution is 2.23. The Morgan fingerprint density at radius 1 is 1.29 bits per heavy atom. The minimum absolute atomic E-state index is 0.0922. The third kappa shape index (κ3) is 3.38. The van der Waals surface area contributed by atoms with Gasteiger partial charge in [0.1, 0.15) is 11.6 Å². The maximum atomic E-state index is 14.2. The first kappa shape index (κ1) is 16.0. The van der Waals surface area contributed by atoms with Crippen LogP contribution < -0.4 is 5.32 Å². The van der Waals surface area contributed by atoms with Crippen molar-refractivity contribution in [2.75, 3.05) is 0 Å². The summed E-state index contributed by atoms with van der Waals surface area (Å²) in [6, 6.07) is 8.88. The van der Waals surface area contributed by atoms with Crippen LogP contribution in [0.1, 0.15) is 15.9 Å². The van der Waals surface area contributed by atoms with Gasteiger partial charge in [-0.1, -0.05) is 17.7 Å². The van der Waals surface area contributed by atoms with Crippen molar-refractivity contribution < 1.29 is 14.3 Å². The molecule has 3 aromatic rings. The highest BCUT2D eigenvalue weighted by atomic mass is 35.5. The number of halogens is 2. The Morgan fingerprint density at radius 3 is 2.79 bits per heavy atom. The highest BCUT2D eigenvalue weighted by molar-refractivity contribution is 6.32. The molecule has 1 heterocycles. The molecule has 0 aliphatic rings. The third-order valence-electron chi connectivity index (χ3n) is 3.46. The number of hydrogen-bond donors (Lipinski definition) is 2. The van der Waals surface area contributed by atoms with Gasteiger partial charge in [0.05, 0.1) is 17.0 Å². The van der Waals surface area contributed by atoms with E-state index < -0.39 is 5.82 Å². The van der Waals surface area contributed by atoms with Crippen LogP contribution in [0.2, 0.25) is 5.02 Å². The SMILES string of the molecule is O=C(NCc1ccc(-n2ccnc2)c(F)c1)c1ccc(O)c(Cl)c1. The fourth-order valence-electron chi connectivity index (χ4n) is 2.20. The molecule has 0 saturated heterocycles. The van der Waals surface area contributed by atoms with E-state index in [1.165, 1.54) is 30.6 Å². The second-order valence-corrected chi connectivity index (χ2v) is 5.51. The van der Waals surface area contributed by atoms with Crippen LogP contribution in [0.3, 0.4) is 0 Å². The van der Waals surface area contributed by atoms with Gasteiger partial charge in [0.25, 0.3) is 5.91 Å². The number of rotatable bonds is 4. The van der Waals surface area contributed by atoms with Crippen LogP contribution in [0.25, 0.3) is 5.69 Å². The average molecular weight is 346 g/mol. The number of nitrogens with one attached hydrogen (secondary N) is 1. The summed E-state index contributed by atoms with van der Waals surface area (Å²) in [4.78, 5) is 15.9. The maximum Gasteiger partial charge on any atom is 0.251 e. The van der Waals surface area contributed by atoms with Crippen LogP contribution in [-0.2, 0) is 6.54 Å². The number of nitrogens with zero attached hydrogens (tertiary/aromatic N) is 2. The molecule has 3 rings (SSSR count). The van der Waals surface area contributed by atoms with Gasteiger partial charge < -0.3 is 15.0 Å². The Kier molecular flexibility index (Phi) is 4.48. The van der Waals surface area contributed by atoms with E-state index in [0.717, 1.165) is 0 Å². The summed E-state index contributed by atoms with van der Waals surface area (Å²) in [6.07, 6.45) is 4.72. The van der Waals surface area contributed by atoms with Gasteiger partial charge in [-0.25, -0.2) is 9.37 Å². The van der Waals surface area contributed by atoms with Gasteiger partial charge in [0, 0.05) is 24.5 Å². The number of hydrogen-bond acceptors (Lipinski definition) is 3. The predicted molar refractivity (Wildman–Crippen MR) is 87.8 cm³/mol. The van der Waals surface area contributed by atoms with Gasteiger partial charge in [0.2, 0.25) is 0 Å². The van der Waals surface area contributed by atoms with E-state index in [2.05, 4.69) is 10.3 Å². The number of phenolic OH excluding ortho intramolecular Hbond substituents is 1. The molecule has 0 aliphatic carbocycles. The van der Waals surface area contributed by atoms with E-state index in [-0.39, 0.29) is 23.2 Å². The van der Waals surface area contributed by atoms with Crippen molar-refractivity contribution in [2.45, 2.75) is 6.54 Å². The van der Waals surface area contributed by atoms with Crippen molar-refractivity contribution >= 4 is 17.5 Å². The van der Waals surface area contributed by atoms with Crippen LogP contribution in [-0.4, -0.2) is 20.6 Å². The van der Waals surface area contributed by atoms with E-state index >= 15 is 0 Å². The van der Waals surface area contributed by atoms with E-state index in [1.807, 2.05) is 0 Å². The average Bonchev–Trinajstić information content (AvgIpc) is 3.09. The summed E-state index contributed by atoms with van der Waals surface area (Å²) in [7, 11) is 0. The minimum atomic E-state index is -0.410. The molecule has 0 aliphatic heterocycles. The second kappa shape index (κ2) is 6.72. The fourth-order valence-corrected chi connectivity index (χ4v) is 2.38. The lowest BCUT2D eigenvalue weighted by atomic mass is 10.1. The molecule has 0 saturated carbocycles. The molecule has 0 radical (unpaired) electrons. The zero-order chi connectivity index (χ0) is 17.1. The van der Waals surface area contributed by atoms with E-state index in [4.69, 9.17) is 11.6 Å². The van der Waals surface area contributed by atoms with Gasteiger partial charge in [-0.05, 0) is 35.9 Å². The van der Waals surface area contributed by atoms with Crippen LogP contribution in [0, 0.1) is 5.82 Å². The Bertz CT molecular complexity index is 882. The van der Waals surface area contributed by atoms with E-state index in [1.54, 1.807) is 29.1 Å². The lowest BCUT2D eigenvalue weighted by molar-refractivity contribution is 0.0951. The smallest absolute Gasteiger partial charge is 0.251 e. The quantitative estimate of drug-likeness (QED) is 0.762. The van der Waals surface area contributed by atoms with Crippen LogP contribution >= 0.6 is 11.6 Å². The Balaban J connectivity index is 1.69. The molecule has 1 aromatic heterocycles. The first-order valence-corrected chi connectivity index (χ1v) is 7.46. The summed E-state index contributed by atoms with van der Waals surface area (Å²) in [5, 5.41) is 12.1. The molecule has 1 amide bonds. The largest absolute Gasteiger partial charge is 0.506 e. The standard InChI is InChI=1S/C17H13ClFN3O2/c18-13-8-12(2-4-16(13)23)17(24)21-9-11-1-3-15(14(19)7-11)22-6-5-20-10-22/h1-8,10,23H,9H2,(H,21,24). The molecule has 5 nitrogen and oxygen atoms in total. The van der Waals surface area contributed by atoms with Gasteiger partial charge in [-0.2, -0.15) is 0 Å². The first-order chi connectivity index (χ1) is 11.5. The van der Waals surface area contributed by atoms with E-state index in [0.29, 0.717) is 16.8 Å². The summed E-state index contributed by atoms with van der Waals surface area (Å²) in [5.74, 6) is -0.867. The molecule has 0 fully saturated rings. The zero-order valence-electron chi connectivity index (χ0n) is 12.4. The van der Waals surface area contributed by atoms with Crippen molar-refractivity contribution in [3.05, 3.63) is 77.1 Å². The van der Waals surface area contributed by atoms with Gasteiger partial charge in [-0.15, -0.1) is 0 Å². The molecule has 2 N–H and O–H groups in total. The van der Waals surface area contributed by atoms with Gasteiger partial charge in [-0.3, -0.25) is 4.79 Å². The number of phenols is 1. The summed E-state index contributed by atoms with van der Waals surface area (Å²) >= 11 is 5.78. The number of imidazole rings is 1. The minimum Gasteiger partial charge on any atom is -0.506 e. The molecule has 0 bridgehead atoms. The Morgan fingerprint density at radius 2 is 2.12 bits per heavy atom. The zero-order valence-corrected chi connectivity index (χ0v) is 13.2. The van der Waals surface area contributed by atoms with Crippen molar-refractivity contribution in [1.29, 1.82) is 0 Å². The van der Waals surface area contributed by atoms with Crippen molar-refractivity contribution in [3.63, 3.8) is 0 Å². The molecule has 0 atom stereocenters. The highest BCUT2D eigenvalue weighted by Gasteiger charge is 2.10. The normalized spacial score (nSPS) is 10.6. The number of benzene rings is 2. The molecule has 7 heteroatoms. The van der Waals surface area contributed by atoms with Crippen molar-refractivity contribution in [2.24, 2.45) is 0 Å². The second-order valence-electron chi connectivity index (χ2n) is 5.10. The summed E-state index contributed by atoms with van der Waals surface area (Å²) < 4.78 is 15.7. The molecule has 2 aromatic carbocycles. The van der Waals surface area contributed by atoms with Crippen molar-refractivity contribution in [3.8, 4) is 11.4 Å². The summed E-state index contributed by atoms with van der Waals surface area (Å²) in [6.45, 7) is 0.165. The monoisotopic (exact) mass is 345 g/mol. The molecular weight excluding hydrogens is 333 g/mol. The maximum absolute atomic E-state index is 14.2. The Labute approximate surface area is 142 Å². The number of carbonyl (C=O) groups excluding carboxylic acids is 1. The van der Waals surface area contributed by atoms with Crippen molar-refractivity contribution in [1.82, 2.24) is 14.9 Å². The fraction of sp³-hybridized carbons (Fsp3) is 0.0588. The van der Waals surface area contributed by atoms with E-state index in [9.17, 15) is 14.3 Å². The van der Waals surface area contributed by atoms with Crippen LogP contribution in [0.15, 0.2) is 55.1 Å². The molecule has 24 heavy (non-hydrogen) atoms. The first-order valence-electron chi connectivity index (χ1n) is 7.08. The van der Waals surface area contributed by atoms with Crippen LogP contribution in [0.4, 0.5) is 4.39 Å². The molecule has 0 spiro atoms. The van der Waals surface area contributed by atoms with Gasteiger partial charge >= 0.3 is 0 Å². The third-order valence-corrected chi connectivity index (χ3v) is 3.76. The lowest BCUT2D eigenvalue weighted by Gasteiger charge is -2.09. The topological polar surface area (TPSA) is 67.2 Å². The summed E-state index contributed by atoms with van der Waals surface area (Å²) in [5.41, 5.74) is 1.32. The number of carbonyl (C=O) groups is 1. The van der Waals surface area contributed by atoms with Gasteiger partial charge in [0.15, 0.2) is 0 Å². The molecule has 122 valence electrons. The molecule has 0 unspecified atom stereocenters.